The van der Waals surface area contributed by atoms with E-state index in [0.29, 0.717) is 0 Å². The smallest absolute Gasteiger partial charge is 0.133 e. The molecule has 1 aromatic carbocycles. The lowest BCUT2D eigenvalue weighted by atomic mass is 10.1. The van der Waals surface area contributed by atoms with Crippen LogP contribution in [0.15, 0.2) is 22.7 Å². The van der Waals surface area contributed by atoms with Gasteiger partial charge in [-0.3, -0.25) is 4.68 Å². The molecule has 114 valence electrons. The van der Waals surface area contributed by atoms with Crippen molar-refractivity contribution < 1.29 is 4.74 Å². The van der Waals surface area contributed by atoms with Crippen LogP contribution in [0.25, 0.3) is 0 Å². The van der Waals surface area contributed by atoms with Crippen LogP contribution in [0.1, 0.15) is 22.5 Å². The highest BCUT2D eigenvalue weighted by Crippen LogP contribution is 2.26. The predicted octanol–water partition coefficient (Wildman–Crippen LogP) is 3.08. The van der Waals surface area contributed by atoms with E-state index < -0.39 is 0 Å². The average Bonchev–Trinajstić information content (AvgIpc) is 2.72. The molecule has 0 bridgehead atoms. The molecule has 0 unspecified atom stereocenters. The minimum atomic E-state index is 0.773. The number of hydrogen-bond acceptors (Lipinski definition) is 3. The van der Waals surface area contributed by atoms with Crippen LogP contribution in [0.3, 0.4) is 0 Å². The quantitative estimate of drug-likeness (QED) is 0.869. The van der Waals surface area contributed by atoms with Crippen LogP contribution in [0, 0.1) is 13.8 Å². The van der Waals surface area contributed by atoms with Crippen molar-refractivity contribution in [2.24, 2.45) is 0 Å². The maximum Gasteiger partial charge on any atom is 0.133 e. The van der Waals surface area contributed by atoms with Gasteiger partial charge in [-0.2, -0.15) is 5.10 Å². The number of ether oxygens (including phenoxy) is 1. The Bertz CT molecular complexity index is 622. The first-order valence-corrected chi connectivity index (χ1v) is 7.86. The molecule has 0 atom stereocenters. The van der Waals surface area contributed by atoms with Gasteiger partial charge in [0.1, 0.15) is 5.75 Å². The number of nitrogens with zero attached hydrogens (tertiary/aromatic N) is 2. The lowest BCUT2D eigenvalue weighted by Gasteiger charge is -2.08. The Labute approximate surface area is 134 Å². The van der Waals surface area contributed by atoms with Crippen molar-refractivity contribution in [2.75, 3.05) is 20.7 Å². The zero-order valence-electron chi connectivity index (χ0n) is 13.0. The molecular weight excluding hydrogens is 330 g/mol. The fourth-order valence-electron chi connectivity index (χ4n) is 2.48. The Morgan fingerprint density at radius 2 is 2.10 bits per heavy atom. The Kier molecular flexibility index (Phi) is 5.42. The van der Waals surface area contributed by atoms with E-state index in [1.807, 2.05) is 13.1 Å². The lowest BCUT2D eigenvalue weighted by Crippen LogP contribution is -2.11. The molecule has 0 amide bonds. The van der Waals surface area contributed by atoms with Gasteiger partial charge in [0.15, 0.2) is 0 Å². The van der Waals surface area contributed by atoms with Gasteiger partial charge in [-0.1, -0.05) is 6.07 Å². The molecular formula is C16H22BrN3O. The molecule has 4 nitrogen and oxygen atoms in total. The van der Waals surface area contributed by atoms with Crippen LogP contribution >= 0.6 is 15.9 Å². The summed E-state index contributed by atoms with van der Waals surface area (Å²) in [6.07, 6.45) is 1.01. The van der Waals surface area contributed by atoms with Crippen molar-refractivity contribution >= 4 is 15.9 Å². The monoisotopic (exact) mass is 351 g/mol. The van der Waals surface area contributed by atoms with Crippen LogP contribution < -0.4 is 10.1 Å². The summed E-state index contributed by atoms with van der Waals surface area (Å²) in [4.78, 5) is 0. The van der Waals surface area contributed by atoms with E-state index in [2.05, 4.69) is 57.0 Å². The molecule has 0 saturated heterocycles. The van der Waals surface area contributed by atoms with Crippen molar-refractivity contribution in [3.05, 3.63) is 45.2 Å². The fourth-order valence-corrected chi connectivity index (χ4v) is 3.07. The van der Waals surface area contributed by atoms with Gasteiger partial charge in [0.05, 0.1) is 23.8 Å². The third-order valence-electron chi connectivity index (χ3n) is 3.70. The number of methoxy groups -OCH3 is 1. The average molecular weight is 352 g/mol. The highest BCUT2D eigenvalue weighted by molar-refractivity contribution is 9.10. The number of likely N-dealkylation sites (N-methyl/N-ethyl adjacent to an activating group) is 1. The van der Waals surface area contributed by atoms with Gasteiger partial charge in [0, 0.05) is 5.69 Å². The Morgan fingerprint density at radius 1 is 1.33 bits per heavy atom. The molecule has 2 aromatic rings. The third-order valence-corrected chi connectivity index (χ3v) is 4.32. The van der Waals surface area contributed by atoms with Gasteiger partial charge in [0.2, 0.25) is 0 Å². The van der Waals surface area contributed by atoms with Crippen LogP contribution in [-0.4, -0.2) is 30.5 Å². The van der Waals surface area contributed by atoms with Crippen molar-refractivity contribution in [1.82, 2.24) is 15.1 Å². The molecule has 5 heteroatoms. The highest BCUT2D eigenvalue weighted by atomic mass is 79.9. The van der Waals surface area contributed by atoms with Gasteiger partial charge in [-0.25, -0.2) is 0 Å². The SMILES string of the molecule is CNCCc1c(C)nn(Cc2ccc(OC)c(Br)c2)c1C. The minimum absolute atomic E-state index is 0.773. The summed E-state index contributed by atoms with van der Waals surface area (Å²) >= 11 is 3.53. The number of nitrogens with one attached hydrogen (secondary N) is 1. The molecule has 1 heterocycles. The number of rotatable bonds is 6. The molecule has 0 radical (unpaired) electrons. The lowest BCUT2D eigenvalue weighted by molar-refractivity contribution is 0.412. The second-order valence-corrected chi connectivity index (χ2v) is 5.98. The Morgan fingerprint density at radius 3 is 2.71 bits per heavy atom. The van der Waals surface area contributed by atoms with Gasteiger partial charge < -0.3 is 10.1 Å². The number of benzene rings is 1. The standard InChI is InChI=1S/C16H22BrN3O/c1-11-14(7-8-18-3)12(2)20(19-11)10-13-5-6-16(21-4)15(17)9-13/h5-6,9,18H,7-8,10H2,1-4H3. The second-order valence-electron chi connectivity index (χ2n) is 5.13. The number of aryl methyl sites for hydroxylation is 1. The van der Waals surface area contributed by atoms with E-state index in [1.54, 1.807) is 7.11 Å². The van der Waals surface area contributed by atoms with E-state index >= 15 is 0 Å². The first-order chi connectivity index (χ1) is 10.1. The summed E-state index contributed by atoms with van der Waals surface area (Å²) in [6.45, 7) is 5.97. The summed E-state index contributed by atoms with van der Waals surface area (Å²) < 4.78 is 8.31. The summed E-state index contributed by atoms with van der Waals surface area (Å²) in [6, 6.07) is 6.14. The van der Waals surface area contributed by atoms with Crippen LogP contribution in [-0.2, 0) is 13.0 Å². The highest BCUT2D eigenvalue weighted by Gasteiger charge is 2.11. The first kappa shape index (κ1) is 16.0. The number of aromatic nitrogens is 2. The molecule has 0 spiro atoms. The van der Waals surface area contributed by atoms with Crippen molar-refractivity contribution in [3.63, 3.8) is 0 Å². The zero-order valence-corrected chi connectivity index (χ0v) is 14.6. The van der Waals surface area contributed by atoms with Gasteiger partial charge >= 0.3 is 0 Å². The first-order valence-electron chi connectivity index (χ1n) is 7.06. The molecule has 2 rings (SSSR count). The molecule has 0 aliphatic rings. The zero-order chi connectivity index (χ0) is 15.4. The summed E-state index contributed by atoms with van der Waals surface area (Å²) in [5.41, 5.74) is 4.91. The maximum absolute atomic E-state index is 5.27. The Balaban J connectivity index is 2.21. The number of hydrogen-bond donors (Lipinski definition) is 1. The fraction of sp³-hybridized carbons (Fsp3) is 0.438. The predicted molar refractivity (Wildman–Crippen MR) is 89.1 cm³/mol. The van der Waals surface area contributed by atoms with E-state index in [0.717, 1.165) is 35.4 Å². The normalized spacial score (nSPS) is 10.9. The Hall–Kier alpha value is -1.33. The molecule has 1 aromatic heterocycles. The van der Waals surface area contributed by atoms with Gasteiger partial charge in [-0.05, 0) is 73.1 Å². The summed E-state index contributed by atoms with van der Waals surface area (Å²) in [5, 5.41) is 7.87. The van der Waals surface area contributed by atoms with Crippen molar-refractivity contribution in [1.29, 1.82) is 0 Å². The van der Waals surface area contributed by atoms with E-state index in [1.165, 1.54) is 16.8 Å². The minimum Gasteiger partial charge on any atom is -0.496 e. The molecule has 0 saturated carbocycles. The molecule has 21 heavy (non-hydrogen) atoms. The molecule has 1 N–H and O–H groups in total. The van der Waals surface area contributed by atoms with Crippen molar-refractivity contribution in [3.8, 4) is 5.75 Å². The summed E-state index contributed by atoms with van der Waals surface area (Å²) in [7, 11) is 3.65. The van der Waals surface area contributed by atoms with Crippen LogP contribution in [0.5, 0.6) is 5.75 Å². The van der Waals surface area contributed by atoms with Crippen LogP contribution in [0.4, 0.5) is 0 Å². The van der Waals surface area contributed by atoms with Gasteiger partial charge in [0.25, 0.3) is 0 Å². The topological polar surface area (TPSA) is 39.1 Å². The molecule has 0 aliphatic carbocycles. The van der Waals surface area contributed by atoms with E-state index in [-0.39, 0.29) is 0 Å². The van der Waals surface area contributed by atoms with Crippen molar-refractivity contribution in [2.45, 2.75) is 26.8 Å². The van der Waals surface area contributed by atoms with E-state index in [9.17, 15) is 0 Å². The molecule has 0 aliphatic heterocycles. The third kappa shape index (κ3) is 3.66. The maximum atomic E-state index is 5.27. The second kappa shape index (κ2) is 7.09. The van der Waals surface area contributed by atoms with Crippen LogP contribution in [0.2, 0.25) is 0 Å². The van der Waals surface area contributed by atoms with Gasteiger partial charge in [-0.15, -0.1) is 0 Å². The summed E-state index contributed by atoms with van der Waals surface area (Å²) in [5.74, 6) is 0.849. The largest absolute Gasteiger partial charge is 0.496 e. The number of halogens is 1. The van der Waals surface area contributed by atoms with E-state index in [4.69, 9.17) is 4.74 Å². The molecule has 0 fully saturated rings.